The molecule has 34 heavy (non-hydrogen) atoms. The van der Waals surface area contributed by atoms with E-state index in [1.54, 1.807) is 0 Å². The fourth-order valence-corrected chi connectivity index (χ4v) is 4.52. The molecule has 3 aromatic carbocycles. The Morgan fingerprint density at radius 2 is 1.68 bits per heavy atom. The normalized spacial score (nSPS) is 11.5. The van der Waals surface area contributed by atoms with Crippen LogP contribution in [0.15, 0.2) is 98.6 Å². The molecular weight excluding hydrogens is 410 g/mol. The molecule has 4 aromatic rings. The number of aromatic nitrogens is 1. The van der Waals surface area contributed by atoms with E-state index < -0.39 is 0 Å². The van der Waals surface area contributed by atoms with Gasteiger partial charge < -0.3 is 4.57 Å². The Morgan fingerprint density at radius 3 is 2.32 bits per heavy atom. The molecule has 0 fully saturated rings. The highest BCUT2D eigenvalue weighted by Gasteiger charge is 2.16. The van der Waals surface area contributed by atoms with E-state index in [4.69, 9.17) is 0 Å². The maximum atomic E-state index is 4.12. The van der Waals surface area contributed by atoms with Crippen LogP contribution in [0.2, 0.25) is 0 Å². The summed E-state index contributed by atoms with van der Waals surface area (Å²) in [6.45, 7) is 18.3. The largest absolute Gasteiger partial charge is 0.309 e. The molecule has 0 radical (unpaired) electrons. The van der Waals surface area contributed by atoms with Gasteiger partial charge in [-0.25, -0.2) is 0 Å². The second kappa shape index (κ2) is 9.80. The summed E-state index contributed by atoms with van der Waals surface area (Å²) in [6.07, 6.45) is 12.1. The molecule has 0 saturated carbocycles. The van der Waals surface area contributed by atoms with Crippen LogP contribution in [0.5, 0.6) is 0 Å². The zero-order valence-electron chi connectivity index (χ0n) is 20.3. The number of rotatable bonds is 7. The van der Waals surface area contributed by atoms with Crippen LogP contribution in [0.4, 0.5) is 0 Å². The minimum atomic E-state index is 1.06. The Hall–Kier alpha value is -4.10. The third kappa shape index (κ3) is 4.13. The first kappa shape index (κ1) is 23.1. The first-order chi connectivity index (χ1) is 16.5. The van der Waals surface area contributed by atoms with Gasteiger partial charge in [0.25, 0.3) is 0 Å². The van der Waals surface area contributed by atoms with Gasteiger partial charge in [0, 0.05) is 16.6 Å². The molecule has 0 bridgehead atoms. The second-order valence-electron chi connectivity index (χ2n) is 8.53. The average Bonchev–Trinajstić information content (AvgIpc) is 3.15. The van der Waals surface area contributed by atoms with E-state index in [0.717, 1.165) is 33.6 Å². The SMILES string of the molecule is C=C/C=C\c1c(C)cccc1-c1ccc(-n2c(/C=C\C)c(C=C)c3cc(C(=C)C)ccc32)cc1. The standard InChI is InChI=1S/C33H31N/c1-7-10-14-29-24(6)13-11-15-30(29)25-16-19-27(20-17-25)34-32(12-8-2)28(9-3)31-22-26(23(4)5)18-21-33(31)34/h7-22H,1,3-4H2,2,5-6H3/b12-8-,14-10-. The third-order valence-electron chi connectivity index (χ3n) is 6.23. The predicted molar refractivity (Wildman–Crippen MR) is 152 cm³/mol. The van der Waals surface area contributed by atoms with Crippen molar-refractivity contribution in [3.05, 3.63) is 127 Å². The van der Waals surface area contributed by atoms with Crippen molar-refractivity contribution in [2.45, 2.75) is 20.8 Å². The molecule has 1 nitrogen and oxygen atoms in total. The van der Waals surface area contributed by atoms with Crippen LogP contribution in [0.1, 0.15) is 41.8 Å². The third-order valence-corrected chi connectivity index (χ3v) is 6.23. The quantitative estimate of drug-likeness (QED) is 0.252. The van der Waals surface area contributed by atoms with Crippen molar-refractivity contribution < 1.29 is 0 Å². The highest BCUT2D eigenvalue weighted by molar-refractivity contribution is 5.97. The van der Waals surface area contributed by atoms with Crippen LogP contribution in [0.3, 0.4) is 0 Å². The summed E-state index contributed by atoms with van der Waals surface area (Å²) in [5, 5.41) is 1.18. The predicted octanol–water partition coefficient (Wildman–Crippen LogP) is 9.51. The summed E-state index contributed by atoms with van der Waals surface area (Å²) >= 11 is 0. The maximum absolute atomic E-state index is 4.12. The molecular formula is C33H31N. The molecule has 0 atom stereocenters. The monoisotopic (exact) mass is 441 g/mol. The summed E-state index contributed by atoms with van der Waals surface area (Å²) in [7, 11) is 0. The Morgan fingerprint density at radius 1 is 0.912 bits per heavy atom. The van der Waals surface area contributed by atoms with Gasteiger partial charge in [-0.2, -0.15) is 0 Å². The minimum Gasteiger partial charge on any atom is -0.309 e. The van der Waals surface area contributed by atoms with Gasteiger partial charge in [-0.05, 0) is 78.9 Å². The van der Waals surface area contributed by atoms with Crippen molar-refractivity contribution in [2.75, 3.05) is 0 Å². The molecule has 0 aliphatic carbocycles. The van der Waals surface area contributed by atoms with Gasteiger partial charge in [0.05, 0.1) is 11.2 Å². The highest BCUT2D eigenvalue weighted by atomic mass is 15.0. The molecule has 1 aromatic heterocycles. The van der Waals surface area contributed by atoms with Gasteiger partial charge in [0.2, 0.25) is 0 Å². The zero-order chi connectivity index (χ0) is 24.2. The summed E-state index contributed by atoms with van der Waals surface area (Å²) < 4.78 is 2.31. The van der Waals surface area contributed by atoms with E-state index in [0.29, 0.717) is 0 Å². The van der Waals surface area contributed by atoms with Gasteiger partial charge in [-0.1, -0.05) is 92.1 Å². The average molecular weight is 442 g/mol. The van der Waals surface area contributed by atoms with E-state index in [9.17, 15) is 0 Å². The Bertz CT molecular complexity index is 1450. The number of allylic oxidation sites excluding steroid dienone is 4. The van der Waals surface area contributed by atoms with E-state index in [2.05, 4.69) is 110 Å². The van der Waals surface area contributed by atoms with E-state index >= 15 is 0 Å². The van der Waals surface area contributed by atoms with Crippen LogP contribution >= 0.6 is 0 Å². The lowest BCUT2D eigenvalue weighted by Gasteiger charge is -2.13. The Kier molecular flexibility index (Phi) is 6.65. The highest BCUT2D eigenvalue weighted by Crippen LogP contribution is 2.35. The number of hydrogen-bond donors (Lipinski definition) is 0. The number of nitrogens with zero attached hydrogens (tertiary/aromatic N) is 1. The molecule has 0 unspecified atom stereocenters. The van der Waals surface area contributed by atoms with E-state index in [1.807, 2.05) is 32.1 Å². The van der Waals surface area contributed by atoms with Gasteiger partial charge >= 0.3 is 0 Å². The van der Waals surface area contributed by atoms with Crippen molar-refractivity contribution in [2.24, 2.45) is 0 Å². The lowest BCUT2D eigenvalue weighted by atomic mass is 9.95. The minimum absolute atomic E-state index is 1.06. The molecule has 0 aliphatic rings. The van der Waals surface area contributed by atoms with Crippen LogP contribution in [0.25, 0.3) is 51.5 Å². The zero-order valence-corrected chi connectivity index (χ0v) is 20.3. The second-order valence-corrected chi connectivity index (χ2v) is 8.53. The van der Waals surface area contributed by atoms with Crippen molar-refractivity contribution in [3.8, 4) is 16.8 Å². The molecule has 1 heterocycles. The van der Waals surface area contributed by atoms with Crippen LogP contribution < -0.4 is 0 Å². The van der Waals surface area contributed by atoms with Crippen LogP contribution in [0, 0.1) is 6.92 Å². The maximum Gasteiger partial charge on any atom is 0.0541 e. The molecule has 0 aliphatic heterocycles. The van der Waals surface area contributed by atoms with Gasteiger partial charge in [0.15, 0.2) is 0 Å². The van der Waals surface area contributed by atoms with Gasteiger partial charge in [-0.15, -0.1) is 0 Å². The topological polar surface area (TPSA) is 4.93 Å². The van der Waals surface area contributed by atoms with Crippen molar-refractivity contribution in [3.63, 3.8) is 0 Å². The molecule has 0 saturated heterocycles. The van der Waals surface area contributed by atoms with E-state index in [1.165, 1.54) is 27.6 Å². The first-order valence-electron chi connectivity index (χ1n) is 11.6. The number of fused-ring (bicyclic) bond motifs is 1. The Labute approximate surface area is 203 Å². The van der Waals surface area contributed by atoms with Crippen molar-refractivity contribution in [1.82, 2.24) is 4.57 Å². The fraction of sp³-hybridized carbons (Fsp3) is 0.0909. The van der Waals surface area contributed by atoms with E-state index in [-0.39, 0.29) is 0 Å². The number of benzene rings is 3. The number of hydrogen-bond acceptors (Lipinski definition) is 0. The molecule has 0 spiro atoms. The lowest BCUT2D eigenvalue weighted by Crippen LogP contribution is -1.97. The smallest absolute Gasteiger partial charge is 0.0541 e. The van der Waals surface area contributed by atoms with Crippen LogP contribution in [-0.4, -0.2) is 4.57 Å². The summed E-state index contributed by atoms with van der Waals surface area (Å²) in [5.41, 5.74) is 11.6. The first-order valence-corrected chi connectivity index (χ1v) is 11.6. The van der Waals surface area contributed by atoms with Gasteiger partial charge in [-0.3, -0.25) is 0 Å². The molecule has 4 rings (SSSR count). The van der Waals surface area contributed by atoms with Gasteiger partial charge in [0.1, 0.15) is 0 Å². The van der Waals surface area contributed by atoms with Crippen molar-refractivity contribution >= 4 is 34.7 Å². The lowest BCUT2D eigenvalue weighted by molar-refractivity contribution is 1.10. The molecule has 0 N–H and O–H groups in total. The molecule has 168 valence electrons. The van der Waals surface area contributed by atoms with Crippen LogP contribution in [-0.2, 0) is 0 Å². The summed E-state index contributed by atoms with van der Waals surface area (Å²) in [6, 6.07) is 21.8. The Balaban J connectivity index is 1.90. The summed E-state index contributed by atoms with van der Waals surface area (Å²) in [4.78, 5) is 0. The van der Waals surface area contributed by atoms with Crippen molar-refractivity contribution in [1.29, 1.82) is 0 Å². The summed E-state index contributed by atoms with van der Waals surface area (Å²) in [5.74, 6) is 0. The molecule has 0 amide bonds. The fourth-order valence-electron chi connectivity index (χ4n) is 4.52. The number of aryl methyl sites for hydroxylation is 1. The molecule has 1 heteroatoms.